The largest absolute Gasteiger partial charge is 0.383 e. The highest BCUT2D eigenvalue weighted by molar-refractivity contribution is 5.81. The zero-order chi connectivity index (χ0) is 11.3. The second kappa shape index (κ2) is 5.42. The van der Waals surface area contributed by atoms with E-state index in [1.807, 2.05) is 0 Å². The third-order valence-electron chi connectivity index (χ3n) is 1.91. The van der Waals surface area contributed by atoms with Crippen molar-refractivity contribution in [2.75, 3.05) is 13.7 Å². The Hall–Kier alpha value is -1.47. The van der Waals surface area contributed by atoms with Gasteiger partial charge in [0.25, 0.3) is 0 Å². The highest BCUT2D eigenvalue weighted by atomic mass is 16.5. The smallest absolute Gasteiger partial charge is 0.239 e. The molecule has 0 aliphatic rings. The normalized spacial score (nSPS) is 12.5. The predicted molar refractivity (Wildman–Crippen MR) is 52.7 cm³/mol. The van der Waals surface area contributed by atoms with Gasteiger partial charge in [0.05, 0.1) is 13.2 Å². The van der Waals surface area contributed by atoms with Crippen molar-refractivity contribution in [2.24, 2.45) is 12.8 Å². The summed E-state index contributed by atoms with van der Waals surface area (Å²) in [6, 6.07) is -0.650. The van der Waals surface area contributed by atoms with E-state index in [-0.39, 0.29) is 12.5 Å². The van der Waals surface area contributed by atoms with Gasteiger partial charge < -0.3 is 20.4 Å². The van der Waals surface area contributed by atoms with Gasteiger partial charge in [0, 0.05) is 14.2 Å². The Balaban J connectivity index is 2.37. The minimum atomic E-state index is -0.650. The maximum Gasteiger partial charge on any atom is 0.239 e. The fraction of sp³-hybridized carbons (Fsp3) is 0.625. The van der Waals surface area contributed by atoms with Crippen LogP contribution < -0.4 is 11.1 Å². The van der Waals surface area contributed by atoms with Crippen LogP contribution in [0.4, 0.5) is 0 Å². The molecule has 0 aliphatic carbocycles. The van der Waals surface area contributed by atoms with Crippen LogP contribution in [0, 0.1) is 0 Å². The molecule has 7 nitrogen and oxygen atoms in total. The number of ether oxygens (including phenoxy) is 1. The number of amides is 1. The summed E-state index contributed by atoms with van der Waals surface area (Å²) < 4.78 is 6.49. The molecule has 1 atom stereocenters. The summed E-state index contributed by atoms with van der Waals surface area (Å²) in [5.74, 6) is 0.410. The average molecular weight is 213 g/mol. The van der Waals surface area contributed by atoms with Crippen molar-refractivity contribution in [3.63, 3.8) is 0 Å². The number of carbonyl (C=O) groups excluding carboxylic acids is 1. The van der Waals surface area contributed by atoms with Crippen molar-refractivity contribution in [2.45, 2.75) is 12.6 Å². The number of aromatic nitrogens is 3. The Morgan fingerprint density at radius 3 is 3.07 bits per heavy atom. The van der Waals surface area contributed by atoms with Crippen molar-refractivity contribution in [1.82, 2.24) is 20.1 Å². The molecule has 1 amide bonds. The molecule has 0 fully saturated rings. The Kier molecular flexibility index (Phi) is 4.19. The molecule has 0 aliphatic heterocycles. The third-order valence-corrected chi connectivity index (χ3v) is 1.91. The highest BCUT2D eigenvalue weighted by Gasteiger charge is 2.13. The first-order valence-corrected chi connectivity index (χ1v) is 4.50. The number of rotatable bonds is 5. The average Bonchev–Trinajstić information content (AvgIpc) is 2.61. The Morgan fingerprint density at radius 2 is 2.53 bits per heavy atom. The standard InChI is InChI=1S/C8H15N5O2/c1-13-5-11-12-7(13)3-10-8(14)6(9)4-15-2/h5-6H,3-4,9H2,1-2H3,(H,10,14). The molecular weight excluding hydrogens is 198 g/mol. The van der Waals surface area contributed by atoms with Gasteiger partial charge >= 0.3 is 0 Å². The van der Waals surface area contributed by atoms with Gasteiger partial charge in [-0.05, 0) is 0 Å². The zero-order valence-corrected chi connectivity index (χ0v) is 8.80. The number of nitrogens with zero attached hydrogens (tertiary/aromatic N) is 3. The number of carbonyl (C=O) groups is 1. The van der Waals surface area contributed by atoms with E-state index in [0.717, 1.165) is 0 Å². The summed E-state index contributed by atoms with van der Waals surface area (Å²) in [6.07, 6.45) is 1.57. The van der Waals surface area contributed by atoms with Crippen molar-refractivity contribution >= 4 is 5.91 Å². The molecule has 0 bridgehead atoms. The molecule has 84 valence electrons. The minimum Gasteiger partial charge on any atom is -0.383 e. The maximum absolute atomic E-state index is 11.4. The second-order valence-electron chi connectivity index (χ2n) is 3.14. The van der Waals surface area contributed by atoms with Gasteiger partial charge in [-0.25, -0.2) is 0 Å². The summed E-state index contributed by atoms with van der Waals surface area (Å²) in [7, 11) is 3.30. The molecule has 1 rings (SSSR count). The Morgan fingerprint density at radius 1 is 1.80 bits per heavy atom. The summed E-state index contributed by atoms with van der Waals surface area (Å²) in [5, 5.41) is 10.1. The van der Waals surface area contributed by atoms with Crippen LogP contribution in [0.2, 0.25) is 0 Å². The molecule has 3 N–H and O–H groups in total. The molecule has 1 aromatic heterocycles. The van der Waals surface area contributed by atoms with Crippen LogP contribution in [-0.2, 0) is 23.1 Å². The molecular formula is C8H15N5O2. The fourth-order valence-corrected chi connectivity index (χ4v) is 1.02. The van der Waals surface area contributed by atoms with Gasteiger partial charge in [0.15, 0.2) is 5.82 Å². The number of hydrogen-bond donors (Lipinski definition) is 2. The molecule has 0 saturated carbocycles. The third kappa shape index (κ3) is 3.30. The molecule has 0 aromatic carbocycles. The molecule has 7 heteroatoms. The van der Waals surface area contributed by atoms with Gasteiger partial charge in [-0.15, -0.1) is 10.2 Å². The van der Waals surface area contributed by atoms with Crippen LogP contribution >= 0.6 is 0 Å². The van der Waals surface area contributed by atoms with Crippen molar-refractivity contribution in [3.05, 3.63) is 12.2 Å². The van der Waals surface area contributed by atoms with E-state index < -0.39 is 6.04 Å². The lowest BCUT2D eigenvalue weighted by atomic mass is 10.3. The predicted octanol–water partition coefficient (Wildman–Crippen LogP) is -1.59. The first-order chi connectivity index (χ1) is 7.15. The molecule has 1 heterocycles. The van der Waals surface area contributed by atoms with Gasteiger partial charge in [0.2, 0.25) is 5.91 Å². The first kappa shape index (κ1) is 11.6. The van der Waals surface area contributed by atoms with E-state index in [1.165, 1.54) is 7.11 Å². The number of nitrogens with one attached hydrogen (secondary N) is 1. The quantitative estimate of drug-likeness (QED) is 0.614. The summed E-state index contributed by atoms with van der Waals surface area (Å²) in [6.45, 7) is 0.511. The number of nitrogens with two attached hydrogens (primary N) is 1. The number of hydrogen-bond acceptors (Lipinski definition) is 5. The highest BCUT2D eigenvalue weighted by Crippen LogP contribution is 1.90. The number of aryl methyl sites for hydroxylation is 1. The molecule has 1 aromatic rings. The van der Waals surface area contributed by atoms with E-state index in [4.69, 9.17) is 10.5 Å². The fourth-order valence-electron chi connectivity index (χ4n) is 1.02. The van der Waals surface area contributed by atoms with E-state index in [2.05, 4.69) is 15.5 Å². The SMILES string of the molecule is COCC(N)C(=O)NCc1nncn1C. The first-order valence-electron chi connectivity index (χ1n) is 4.50. The van der Waals surface area contributed by atoms with Crippen molar-refractivity contribution in [3.8, 4) is 0 Å². The maximum atomic E-state index is 11.4. The monoisotopic (exact) mass is 213 g/mol. The van der Waals surface area contributed by atoms with Gasteiger partial charge in [-0.1, -0.05) is 0 Å². The molecule has 1 unspecified atom stereocenters. The molecule has 0 saturated heterocycles. The van der Waals surface area contributed by atoms with Crippen LogP contribution in [0.3, 0.4) is 0 Å². The lowest BCUT2D eigenvalue weighted by Crippen LogP contribution is -2.43. The van der Waals surface area contributed by atoms with Crippen LogP contribution in [0.25, 0.3) is 0 Å². The Labute approximate surface area is 87.6 Å². The van der Waals surface area contributed by atoms with Crippen LogP contribution in [-0.4, -0.2) is 40.4 Å². The van der Waals surface area contributed by atoms with Crippen LogP contribution in [0.1, 0.15) is 5.82 Å². The topological polar surface area (TPSA) is 95.1 Å². The van der Waals surface area contributed by atoms with Crippen LogP contribution in [0.5, 0.6) is 0 Å². The Bertz CT molecular complexity index is 325. The lowest BCUT2D eigenvalue weighted by Gasteiger charge is -2.10. The second-order valence-corrected chi connectivity index (χ2v) is 3.14. The minimum absolute atomic E-state index is 0.199. The lowest BCUT2D eigenvalue weighted by molar-refractivity contribution is -0.123. The van der Waals surface area contributed by atoms with Gasteiger partial charge in [-0.2, -0.15) is 0 Å². The molecule has 0 spiro atoms. The van der Waals surface area contributed by atoms with E-state index in [9.17, 15) is 4.79 Å². The van der Waals surface area contributed by atoms with E-state index in [1.54, 1.807) is 17.9 Å². The van der Waals surface area contributed by atoms with Crippen molar-refractivity contribution < 1.29 is 9.53 Å². The summed E-state index contributed by atoms with van der Waals surface area (Å²) >= 11 is 0. The molecule has 15 heavy (non-hydrogen) atoms. The summed E-state index contributed by atoms with van der Waals surface area (Å²) in [5.41, 5.74) is 5.53. The zero-order valence-electron chi connectivity index (χ0n) is 8.80. The van der Waals surface area contributed by atoms with E-state index >= 15 is 0 Å². The van der Waals surface area contributed by atoms with Gasteiger partial charge in [-0.3, -0.25) is 4.79 Å². The van der Waals surface area contributed by atoms with Gasteiger partial charge in [0.1, 0.15) is 12.4 Å². The number of methoxy groups -OCH3 is 1. The van der Waals surface area contributed by atoms with E-state index in [0.29, 0.717) is 12.4 Å². The summed E-state index contributed by atoms with van der Waals surface area (Å²) in [4.78, 5) is 11.4. The molecule has 0 radical (unpaired) electrons. The van der Waals surface area contributed by atoms with Crippen LogP contribution in [0.15, 0.2) is 6.33 Å². The van der Waals surface area contributed by atoms with Crippen molar-refractivity contribution in [1.29, 1.82) is 0 Å².